The maximum absolute atomic E-state index is 12.4. The van der Waals surface area contributed by atoms with Crippen molar-refractivity contribution in [1.29, 1.82) is 0 Å². The standard InChI is InChI=1S/C6H9BrFN.C2H6/c1-4(2)9-6(8)5(3)7;1-2/h1-3H3;1-2H3/b6-5+;. The molecule has 0 aliphatic carbocycles. The Morgan fingerprint density at radius 1 is 1.18 bits per heavy atom. The lowest BCUT2D eigenvalue weighted by molar-refractivity contribution is 0.624. The summed E-state index contributed by atoms with van der Waals surface area (Å²) in [5.74, 6) is -0.449. The van der Waals surface area contributed by atoms with Gasteiger partial charge in [-0.2, -0.15) is 4.39 Å². The van der Waals surface area contributed by atoms with Gasteiger partial charge in [0.2, 0.25) is 5.95 Å². The zero-order valence-electron chi connectivity index (χ0n) is 7.70. The molecule has 0 aliphatic rings. The van der Waals surface area contributed by atoms with Crippen LogP contribution in [-0.2, 0) is 0 Å². The van der Waals surface area contributed by atoms with Gasteiger partial charge < -0.3 is 0 Å². The molecule has 66 valence electrons. The molecule has 0 aromatic heterocycles. The van der Waals surface area contributed by atoms with Crippen molar-refractivity contribution >= 4 is 21.6 Å². The van der Waals surface area contributed by atoms with Gasteiger partial charge in [-0.15, -0.1) is 0 Å². The minimum absolute atomic E-state index is 0.434. The molecular formula is C8H15BrFN. The lowest BCUT2D eigenvalue weighted by atomic mass is 10.5. The van der Waals surface area contributed by atoms with E-state index in [1.807, 2.05) is 13.8 Å². The third kappa shape index (κ3) is 9.82. The Hall–Kier alpha value is -0.180. The van der Waals surface area contributed by atoms with E-state index in [0.717, 1.165) is 0 Å². The first-order chi connectivity index (χ1) is 5.04. The van der Waals surface area contributed by atoms with Crippen LogP contribution in [0.3, 0.4) is 0 Å². The Bertz CT molecular complexity index is 153. The first kappa shape index (κ1) is 13.4. The molecule has 0 aromatic rings. The molecule has 0 heterocycles. The SMILES string of the molecule is CC.CC(C)=N/C(F)=C(\C)Br. The van der Waals surface area contributed by atoms with Crippen LogP contribution in [0.2, 0.25) is 0 Å². The molecule has 3 heteroatoms. The fraction of sp³-hybridized carbons (Fsp3) is 0.625. The minimum Gasteiger partial charge on any atom is -0.229 e. The highest BCUT2D eigenvalue weighted by Crippen LogP contribution is 2.12. The smallest absolute Gasteiger partial charge is 0.222 e. The Kier molecular flexibility index (Phi) is 9.66. The van der Waals surface area contributed by atoms with Crippen LogP contribution in [0.5, 0.6) is 0 Å². The fourth-order valence-corrected chi connectivity index (χ4v) is 0.362. The summed E-state index contributed by atoms with van der Waals surface area (Å²) in [5, 5.41) is 0. The van der Waals surface area contributed by atoms with Crippen LogP contribution in [0, 0.1) is 0 Å². The number of allylic oxidation sites excluding steroid dienone is 1. The highest BCUT2D eigenvalue weighted by atomic mass is 79.9. The van der Waals surface area contributed by atoms with Crippen molar-refractivity contribution < 1.29 is 4.39 Å². The second kappa shape index (κ2) is 7.92. The monoisotopic (exact) mass is 223 g/mol. The molecule has 0 fully saturated rings. The van der Waals surface area contributed by atoms with Crippen LogP contribution in [-0.4, -0.2) is 5.71 Å². The first-order valence-corrected chi connectivity index (χ1v) is 4.37. The predicted octanol–water partition coefficient (Wildman–Crippen LogP) is 4.05. The van der Waals surface area contributed by atoms with Gasteiger partial charge in [-0.3, -0.25) is 0 Å². The Labute approximate surface area is 76.5 Å². The van der Waals surface area contributed by atoms with E-state index in [-0.39, 0.29) is 0 Å². The summed E-state index contributed by atoms with van der Waals surface area (Å²) in [6, 6.07) is 0. The van der Waals surface area contributed by atoms with Gasteiger partial charge in [0.1, 0.15) is 0 Å². The highest BCUT2D eigenvalue weighted by Gasteiger charge is 1.92. The van der Waals surface area contributed by atoms with E-state index in [9.17, 15) is 4.39 Å². The van der Waals surface area contributed by atoms with E-state index >= 15 is 0 Å². The van der Waals surface area contributed by atoms with Gasteiger partial charge in [-0.05, 0) is 20.8 Å². The van der Waals surface area contributed by atoms with Gasteiger partial charge in [0.05, 0.1) is 0 Å². The topological polar surface area (TPSA) is 12.4 Å². The fourth-order valence-electron chi connectivity index (χ4n) is 0.273. The minimum atomic E-state index is -0.449. The lowest BCUT2D eigenvalue weighted by Crippen LogP contribution is -1.80. The largest absolute Gasteiger partial charge is 0.229 e. The molecule has 0 bridgehead atoms. The first-order valence-electron chi connectivity index (χ1n) is 3.58. The molecule has 0 saturated heterocycles. The summed E-state index contributed by atoms with van der Waals surface area (Å²) >= 11 is 2.97. The van der Waals surface area contributed by atoms with Crippen LogP contribution in [0.1, 0.15) is 34.6 Å². The Morgan fingerprint density at radius 3 is 1.64 bits per heavy atom. The molecule has 0 amide bonds. The van der Waals surface area contributed by atoms with Crippen LogP contribution in [0.25, 0.3) is 0 Å². The van der Waals surface area contributed by atoms with Crippen LogP contribution in [0.15, 0.2) is 15.4 Å². The number of halogens is 2. The molecule has 0 unspecified atom stereocenters. The van der Waals surface area contributed by atoms with E-state index in [2.05, 4.69) is 20.9 Å². The van der Waals surface area contributed by atoms with Crippen molar-refractivity contribution in [1.82, 2.24) is 0 Å². The van der Waals surface area contributed by atoms with Crippen LogP contribution in [0.4, 0.5) is 4.39 Å². The maximum Gasteiger partial charge on any atom is 0.222 e. The molecule has 0 spiro atoms. The Balaban J connectivity index is 0. The number of rotatable bonds is 1. The quantitative estimate of drug-likeness (QED) is 0.470. The number of hydrogen-bond donors (Lipinski definition) is 0. The van der Waals surface area contributed by atoms with Gasteiger partial charge in [-0.1, -0.05) is 29.8 Å². The number of aliphatic imine (C=N–C) groups is 1. The normalized spacial score (nSPS) is 10.8. The molecule has 0 radical (unpaired) electrons. The summed E-state index contributed by atoms with van der Waals surface area (Å²) in [7, 11) is 0. The zero-order chi connectivity index (χ0) is 9.44. The summed E-state index contributed by atoms with van der Waals surface area (Å²) < 4.78 is 12.9. The molecule has 0 atom stereocenters. The molecule has 11 heavy (non-hydrogen) atoms. The molecule has 0 N–H and O–H groups in total. The predicted molar refractivity (Wildman–Crippen MR) is 52.9 cm³/mol. The van der Waals surface area contributed by atoms with E-state index in [1.165, 1.54) is 0 Å². The lowest BCUT2D eigenvalue weighted by Gasteiger charge is -1.89. The average Bonchev–Trinajstić information content (AvgIpc) is 1.90. The van der Waals surface area contributed by atoms with Gasteiger partial charge in [0, 0.05) is 10.2 Å². The summed E-state index contributed by atoms with van der Waals surface area (Å²) in [4.78, 5) is 3.56. The second-order valence-electron chi connectivity index (χ2n) is 1.88. The van der Waals surface area contributed by atoms with Gasteiger partial charge in [0.15, 0.2) is 0 Å². The summed E-state index contributed by atoms with van der Waals surface area (Å²) in [5.41, 5.74) is 0.714. The third-order valence-electron chi connectivity index (χ3n) is 0.606. The summed E-state index contributed by atoms with van der Waals surface area (Å²) in [6.07, 6.45) is 0. The van der Waals surface area contributed by atoms with Crippen molar-refractivity contribution in [3.05, 3.63) is 10.4 Å². The van der Waals surface area contributed by atoms with E-state index < -0.39 is 5.95 Å². The molecule has 0 rings (SSSR count). The molecule has 0 aliphatic heterocycles. The zero-order valence-corrected chi connectivity index (χ0v) is 9.29. The molecule has 0 saturated carbocycles. The Morgan fingerprint density at radius 2 is 1.55 bits per heavy atom. The number of nitrogens with zero attached hydrogens (tertiary/aromatic N) is 1. The van der Waals surface area contributed by atoms with Gasteiger partial charge in [0.25, 0.3) is 0 Å². The average molecular weight is 224 g/mol. The van der Waals surface area contributed by atoms with Crippen LogP contribution >= 0.6 is 15.9 Å². The number of hydrogen-bond acceptors (Lipinski definition) is 1. The van der Waals surface area contributed by atoms with Crippen molar-refractivity contribution in [3.63, 3.8) is 0 Å². The van der Waals surface area contributed by atoms with Crippen LogP contribution < -0.4 is 0 Å². The van der Waals surface area contributed by atoms with Crippen molar-refractivity contribution in [2.75, 3.05) is 0 Å². The van der Waals surface area contributed by atoms with E-state index in [4.69, 9.17) is 0 Å². The maximum atomic E-state index is 12.4. The van der Waals surface area contributed by atoms with E-state index in [0.29, 0.717) is 10.2 Å². The van der Waals surface area contributed by atoms with Gasteiger partial charge >= 0.3 is 0 Å². The van der Waals surface area contributed by atoms with Gasteiger partial charge in [-0.25, -0.2) is 4.99 Å². The van der Waals surface area contributed by atoms with Crippen molar-refractivity contribution in [2.24, 2.45) is 4.99 Å². The molecule has 1 nitrogen and oxygen atoms in total. The van der Waals surface area contributed by atoms with Crippen molar-refractivity contribution in [3.8, 4) is 0 Å². The molecule has 0 aromatic carbocycles. The van der Waals surface area contributed by atoms with E-state index in [1.54, 1.807) is 20.8 Å². The van der Waals surface area contributed by atoms with Crippen molar-refractivity contribution in [2.45, 2.75) is 34.6 Å². The second-order valence-corrected chi connectivity index (χ2v) is 3.07. The highest BCUT2D eigenvalue weighted by molar-refractivity contribution is 9.11. The third-order valence-corrected chi connectivity index (χ3v) is 0.933. The summed E-state index contributed by atoms with van der Waals surface area (Å²) in [6.45, 7) is 9.10. The molecular weight excluding hydrogens is 209 g/mol.